The van der Waals surface area contributed by atoms with E-state index in [1.54, 1.807) is 0 Å². The van der Waals surface area contributed by atoms with Crippen LogP contribution in [0, 0.1) is 0 Å². The minimum atomic E-state index is -0.290. The molecule has 5 nitrogen and oxygen atoms in total. The Hall–Kier alpha value is -1.30. The van der Waals surface area contributed by atoms with Gasteiger partial charge in [-0.2, -0.15) is 0 Å². The lowest BCUT2D eigenvalue weighted by Gasteiger charge is -2.03. The number of hydrogen-bond acceptors (Lipinski definition) is 5. The third-order valence-electron chi connectivity index (χ3n) is 1.93. The molecule has 0 saturated carbocycles. The fourth-order valence-electron chi connectivity index (χ4n) is 1.12. The fraction of sp³-hybridized carbons (Fsp3) is 0.545. The second kappa shape index (κ2) is 7.11. The van der Waals surface area contributed by atoms with Gasteiger partial charge in [-0.3, -0.25) is 9.59 Å². The molecule has 94 valence electrons. The zero-order chi connectivity index (χ0) is 12.7. The molecule has 1 rings (SSSR count). The van der Waals surface area contributed by atoms with Crippen LogP contribution in [-0.2, 0) is 16.0 Å². The van der Waals surface area contributed by atoms with Gasteiger partial charge in [-0.1, -0.05) is 25.6 Å². The highest BCUT2D eigenvalue weighted by molar-refractivity contribution is 7.99. The average molecular weight is 256 g/mol. The number of nitrogens with zero attached hydrogens (tertiary/aromatic N) is 1. The fourth-order valence-corrected chi connectivity index (χ4v) is 1.81. The van der Waals surface area contributed by atoms with E-state index in [0.717, 1.165) is 12.1 Å². The molecule has 17 heavy (non-hydrogen) atoms. The number of aryl methyl sites for hydroxylation is 1. The number of carbonyl (C=O) groups is 1. The minimum Gasteiger partial charge on any atom is -0.465 e. The molecule has 1 N–H and O–H groups in total. The number of nitrogens with one attached hydrogen (secondary N) is 1. The number of carbonyl (C=O) groups excluding carboxylic acids is 1. The van der Waals surface area contributed by atoms with Gasteiger partial charge in [0.2, 0.25) is 0 Å². The van der Waals surface area contributed by atoms with Crippen molar-refractivity contribution in [3.8, 4) is 0 Å². The summed E-state index contributed by atoms with van der Waals surface area (Å²) < 4.78 is 4.92. The van der Waals surface area contributed by atoms with Crippen molar-refractivity contribution < 1.29 is 9.53 Å². The Morgan fingerprint density at radius 1 is 1.53 bits per heavy atom. The van der Waals surface area contributed by atoms with E-state index in [9.17, 15) is 9.59 Å². The lowest BCUT2D eigenvalue weighted by atomic mass is 10.3. The predicted molar refractivity (Wildman–Crippen MR) is 66.2 cm³/mol. The molecule has 1 aromatic heterocycles. The summed E-state index contributed by atoms with van der Waals surface area (Å²) in [5.41, 5.74) is 0.527. The maximum absolute atomic E-state index is 11.3. The average Bonchev–Trinajstić information content (AvgIpc) is 2.33. The van der Waals surface area contributed by atoms with Gasteiger partial charge in [0.15, 0.2) is 5.16 Å². The van der Waals surface area contributed by atoms with Crippen molar-refractivity contribution in [2.24, 2.45) is 0 Å². The van der Waals surface area contributed by atoms with Gasteiger partial charge in [0.25, 0.3) is 5.56 Å². The molecule has 0 atom stereocenters. The summed E-state index contributed by atoms with van der Waals surface area (Å²) in [6, 6.07) is 1.46. The van der Waals surface area contributed by atoms with Crippen LogP contribution in [0.15, 0.2) is 16.0 Å². The van der Waals surface area contributed by atoms with Crippen molar-refractivity contribution in [2.45, 2.75) is 31.8 Å². The number of esters is 1. The Morgan fingerprint density at radius 3 is 2.94 bits per heavy atom. The molecule has 1 aromatic rings. The summed E-state index contributed by atoms with van der Waals surface area (Å²) in [6.45, 7) is 4.29. The highest BCUT2D eigenvalue weighted by Crippen LogP contribution is 2.11. The van der Waals surface area contributed by atoms with Gasteiger partial charge in [-0.15, -0.1) is 0 Å². The molecule has 0 aliphatic carbocycles. The van der Waals surface area contributed by atoms with Gasteiger partial charge < -0.3 is 9.72 Å². The van der Waals surface area contributed by atoms with Crippen LogP contribution in [0.4, 0.5) is 0 Å². The molecule has 0 saturated heterocycles. The standard InChI is InChI=1S/C11H16N2O3S/c1-3-5-16-10(15)7-17-11-12-8(4-2)6-9(14)13-11/h6H,3-5,7H2,1-2H3,(H,12,13,14). The largest absolute Gasteiger partial charge is 0.465 e. The normalized spacial score (nSPS) is 10.2. The summed E-state index contributed by atoms with van der Waals surface area (Å²) in [5.74, 6) is -0.128. The highest BCUT2D eigenvalue weighted by Gasteiger charge is 2.06. The second-order valence-corrected chi connectivity index (χ2v) is 4.37. The van der Waals surface area contributed by atoms with E-state index in [1.165, 1.54) is 17.8 Å². The summed E-state index contributed by atoms with van der Waals surface area (Å²) in [4.78, 5) is 29.3. The molecule has 1 heterocycles. The molecule has 0 unspecified atom stereocenters. The Labute approximate surface area is 104 Å². The number of rotatable bonds is 6. The topological polar surface area (TPSA) is 72.0 Å². The first-order chi connectivity index (χ1) is 8.15. The number of thioether (sulfide) groups is 1. The first-order valence-electron chi connectivity index (χ1n) is 5.54. The Bertz CT molecular complexity index is 431. The lowest BCUT2D eigenvalue weighted by molar-refractivity contribution is -0.140. The third kappa shape index (κ3) is 5.04. The summed E-state index contributed by atoms with van der Waals surface area (Å²) >= 11 is 1.18. The SMILES string of the molecule is CCCOC(=O)CSc1nc(CC)cc(=O)[nH]1. The molecule has 0 radical (unpaired) electrons. The van der Waals surface area contributed by atoms with E-state index in [-0.39, 0.29) is 17.3 Å². The van der Waals surface area contributed by atoms with Crippen LogP contribution in [0.5, 0.6) is 0 Å². The van der Waals surface area contributed by atoms with Gasteiger partial charge in [0.1, 0.15) is 0 Å². The number of H-pyrrole nitrogens is 1. The quantitative estimate of drug-likeness (QED) is 0.473. The summed E-state index contributed by atoms with van der Waals surface area (Å²) in [5, 5.41) is 0.461. The Morgan fingerprint density at radius 2 is 2.29 bits per heavy atom. The van der Waals surface area contributed by atoms with Crippen molar-refractivity contribution in [1.29, 1.82) is 0 Å². The first kappa shape index (κ1) is 13.8. The molecule has 0 spiro atoms. The van der Waals surface area contributed by atoms with Crippen molar-refractivity contribution in [1.82, 2.24) is 9.97 Å². The van der Waals surface area contributed by atoms with Crippen molar-refractivity contribution in [2.75, 3.05) is 12.4 Å². The van der Waals surface area contributed by atoms with Crippen LogP contribution in [0.1, 0.15) is 26.0 Å². The van der Waals surface area contributed by atoms with E-state index in [1.807, 2.05) is 13.8 Å². The molecular weight excluding hydrogens is 240 g/mol. The number of aromatic nitrogens is 2. The molecule has 6 heteroatoms. The molecular formula is C11H16N2O3S. The van der Waals surface area contributed by atoms with Gasteiger partial charge in [-0.25, -0.2) is 4.98 Å². The van der Waals surface area contributed by atoms with E-state index in [4.69, 9.17) is 4.74 Å². The zero-order valence-electron chi connectivity index (χ0n) is 9.99. The van der Waals surface area contributed by atoms with Gasteiger partial charge in [0, 0.05) is 11.8 Å². The summed E-state index contributed by atoms with van der Waals surface area (Å²) in [7, 11) is 0. The monoisotopic (exact) mass is 256 g/mol. The zero-order valence-corrected chi connectivity index (χ0v) is 10.8. The minimum absolute atomic E-state index is 0.163. The molecule has 0 aromatic carbocycles. The Balaban J connectivity index is 2.54. The third-order valence-corrected chi connectivity index (χ3v) is 2.78. The first-order valence-corrected chi connectivity index (χ1v) is 6.53. The maximum Gasteiger partial charge on any atom is 0.316 e. The number of aromatic amines is 1. The van der Waals surface area contributed by atoms with Crippen LogP contribution in [-0.4, -0.2) is 28.3 Å². The van der Waals surface area contributed by atoms with Gasteiger partial charge >= 0.3 is 5.97 Å². The molecule has 0 aliphatic heterocycles. The molecule has 0 aliphatic rings. The van der Waals surface area contributed by atoms with Crippen LogP contribution in [0.2, 0.25) is 0 Å². The van der Waals surface area contributed by atoms with Crippen LogP contribution >= 0.6 is 11.8 Å². The Kier molecular flexibility index (Phi) is 5.76. The van der Waals surface area contributed by atoms with E-state index < -0.39 is 0 Å². The molecule has 0 bridgehead atoms. The number of hydrogen-bond donors (Lipinski definition) is 1. The lowest BCUT2D eigenvalue weighted by Crippen LogP contribution is -2.12. The van der Waals surface area contributed by atoms with E-state index in [0.29, 0.717) is 18.2 Å². The second-order valence-electron chi connectivity index (χ2n) is 3.40. The van der Waals surface area contributed by atoms with Crippen molar-refractivity contribution in [3.05, 3.63) is 22.1 Å². The van der Waals surface area contributed by atoms with Gasteiger partial charge in [0.05, 0.1) is 12.4 Å². The van der Waals surface area contributed by atoms with E-state index >= 15 is 0 Å². The van der Waals surface area contributed by atoms with Crippen LogP contribution in [0.3, 0.4) is 0 Å². The summed E-state index contributed by atoms with van der Waals surface area (Å²) in [6.07, 6.45) is 1.49. The van der Waals surface area contributed by atoms with Crippen molar-refractivity contribution in [3.63, 3.8) is 0 Å². The van der Waals surface area contributed by atoms with E-state index in [2.05, 4.69) is 9.97 Å². The maximum atomic E-state index is 11.3. The smallest absolute Gasteiger partial charge is 0.316 e. The molecule has 0 amide bonds. The van der Waals surface area contributed by atoms with Crippen molar-refractivity contribution >= 4 is 17.7 Å². The predicted octanol–water partition coefficient (Wildman–Crippen LogP) is 1.38. The highest BCUT2D eigenvalue weighted by atomic mass is 32.2. The van der Waals surface area contributed by atoms with Crippen LogP contribution < -0.4 is 5.56 Å². The van der Waals surface area contributed by atoms with Gasteiger partial charge in [-0.05, 0) is 12.8 Å². The number of ether oxygens (including phenoxy) is 1. The molecule has 0 fully saturated rings. The van der Waals surface area contributed by atoms with Crippen LogP contribution in [0.25, 0.3) is 0 Å².